The summed E-state index contributed by atoms with van der Waals surface area (Å²) < 4.78 is 28.7. The molecule has 4 aromatic rings. The molecule has 0 radical (unpaired) electrons. The van der Waals surface area contributed by atoms with Gasteiger partial charge in [0.15, 0.2) is 0 Å². The maximum Gasteiger partial charge on any atom is 0.336 e. The Morgan fingerprint density at radius 2 is 1.72 bits per heavy atom. The summed E-state index contributed by atoms with van der Waals surface area (Å²) in [5.41, 5.74) is 4.98. The Morgan fingerprint density at radius 1 is 1.03 bits per heavy atom. The van der Waals surface area contributed by atoms with Crippen molar-refractivity contribution in [3.63, 3.8) is 0 Å². The molecule has 0 saturated carbocycles. The lowest BCUT2D eigenvalue weighted by Crippen LogP contribution is -2.22. The Balaban J connectivity index is 1.73. The number of aromatic nitrogens is 2. The van der Waals surface area contributed by atoms with Crippen molar-refractivity contribution in [3.05, 3.63) is 83.2 Å². The molecule has 39 heavy (non-hydrogen) atoms. The van der Waals surface area contributed by atoms with Crippen LogP contribution in [0.5, 0.6) is 0 Å². The number of carboxylic acids is 1. The van der Waals surface area contributed by atoms with Crippen molar-refractivity contribution >= 4 is 27.0 Å². The molecule has 0 spiro atoms. The number of hydrogen-bond acceptors (Lipinski definition) is 4. The van der Waals surface area contributed by atoms with Gasteiger partial charge < -0.3 is 9.67 Å². The lowest BCUT2D eigenvalue weighted by atomic mass is 9.81. The van der Waals surface area contributed by atoms with Crippen molar-refractivity contribution in [1.82, 2.24) is 13.9 Å². The Hall–Kier alpha value is -3.49. The molecule has 0 amide bonds. The van der Waals surface area contributed by atoms with Crippen LogP contribution < -0.4 is 0 Å². The van der Waals surface area contributed by atoms with Crippen molar-refractivity contribution < 1.29 is 18.3 Å². The number of sulfonamides is 1. The maximum atomic E-state index is 12.7. The number of rotatable bonds is 9. The SMILES string of the molecule is CCCCc1nc2cc(S(=O)(=O)N(C)C)ccc2n1Cc1ccc(-c2cccc(C(C)(C)C)c2C(=O)O)cc1. The Morgan fingerprint density at radius 3 is 2.31 bits per heavy atom. The fourth-order valence-electron chi connectivity index (χ4n) is 4.85. The van der Waals surface area contributed by atoms with Gasteiger partial charge in [0, 0.05) is 27.1 Å². The molecule has 0 unspecified atom stereocenters. The van der Waals surface area contributed by atoms with Crippen LogP contribution in [0.3, 0.4) is 0 Å². The average molecular weight is 548 g/mol. The number of hydrogen-bond donors (Lipinski definition) is 1. The third-order valence-corrected chi connectivity index (χ3v) is 8.83. The lowest BCUT2D eigenvalue weighted by molar-refractivity contribution is 0.0695. The van der Waals surface area contributed by atoms with E-state index in [-0.39, 0.29) is 10.3 Å². The molecule has 1 aromatic heterocycles. The number of carboxylic acid groups (broad SMARTS) is 1. The highest BCUT2D eigenvalue weighted by atomic mass is 32.2. The van der Waals surface area contributed by atoms with Gasteiger partial charge in [-0.25, -0.2) is 22.5 Å². The number of aryl methyl sites for hydroxylation is 1. The number of fused-ring (bicyclic) bond motifs is 1. The molecule has 0 aliphatic heterocycles. The predicted octanol–water partition coefficient (Wildman–Crippen LogP) is 6.34. The molecule has 0 aliphatic carbocycles. The fourth-order valence-corrected chi connectivity index (χ4v) is 5.78. The monoisotopic (exact) mass is 547 g/mol. The first-order chi connectivity index (χ1) is 18.3. The third-order valence-electron chi connectivity index (χ3n) is 7.02. The normalized spacial score (nSPS) is 12.4. The van der Waals surface area contributed by atoms with E-state index in [1.54, 1.807) is 12.1 Å². The smallest absolute Gasteiger partial charge is 0.336 e. The van der Waals surface area contributed by atoms with Gasteiger partial charge in [0.05, 0.1) is 21.5 Å². The van der Waals surface area contributed by atoms with Gasteiger partial charge in [0.25, 0.3) is 0 Å². The van der Waals surface area contributed by atoms with E-state index in [1.807, 2.05) is 69.3 Å². The quantitative estimate of drug-likeness (QED) is 0.264. The summed E-state index contributed by atoms with van der Waals surface area (Å²) in [7, 11) is -0.517. The summed E-state index contributed by atoms with van der Waals surface area (Å²) in [4.78, 5) is 17.3. The first-order valence-electron chi connectivity index (χ1n) is 13.2. The summed E-state index contributed by atoms with van der Waals surface area (Å²) in [5.74, 6) is -0.0120. The second-order valence-electron chi connectivity index (χ2n) is 11.1. The number of aromatic carboxylic acids is 1. The minimum Gasteiger partial charge on any atom is -0.478 e. The summed E-state index contributed by atoms with van der Waals surface area (Å²) in [6.45, 7) is 8.77. The molecule has 1 N–H and O–H groups in total. The van der Waals surface area contributed by atoms with Crippen LogP contribution in [-0.4, -0.2) is 47.4 Å². The van der Waals surface area contributed by atoms with Crippen molar-refractivity contribution in [2.45, 2.75) is 63.8 Å². The highest BCUT2D eigenvalue weighted by molar-refractivity contribution is 7.89. The van der Waals surface area contributed by atoms with Gasteiger partial charge >= 0.3 is 5.97 Å². The van der Waals surface area contributed by atoms with Crippen LogP contribution in [0.15, 0.2) is 65.6 Å². The van der Waals surface area contributed by atoms with Gasteiger partial charge in [-0.15, -0.1) is 0 Å². The molecule has 7 nitrogen and oxygen atoms in total. The minimum atomic E-state index is -3.56. The van der Waals surface area contributed by atoms with Crippen LogP contribution in [0.1, 0.15) is 67.8 Å². The zero-order valence-corrected chi connectivity index (χ0v) is 24.3. The van der Waals surface area contributed by atoms with Gasteiger partial charge in [0.1, 0.15) is 5.82 Å². The molecule has 3 aromatic carbocycles. The van der Waals surface area contributed by atoms with Crippen molar-refractivity contribution in [2.24, 2.45) is 0 Å². The Bertz CT molecular complexity index is 1610. The molecule has 4 rings (SSSR count). The van der Waals surface area contributed by atoms with Gasteiger partial charge in [-0.2, -0.15) is 0 Å². The second kappa shape index (κ2) is 10.9. The molecule has 0 saturated heterocycles. The van der Waals surface area contributed by atoms with E-state index in [2.05, 4.69) is 11.5 Å². The van der Waals surface area contributed by atoms with E-state index >= 15 is 0 Å². The molecule has 1 heterocycles. The summed E-state index contributed by atoms with van der Waals surface area (Å²) in [6.07, 6.45) is 2.80. The maximum absolute atomic E-state index is 12.7. The van der Waals surface area contributed by atoms with Crippen LogP contribution in [-0.2, 0) is 28.4 Å². The van der Waals surface area contributed by atoms with Crippen LogP contribution >= 0.6 is 0 Å². The van der Waals surface area contributed by atoms with Crippen LogP contribution in [0, 0.1) is 0 Å². The zero-order valence-electron chi connectivity index (χ0n) is 23.5. The molecular formula is C31H37N3O4S. The minimum absolute atomic E-state index is 0.225. The van der Waals surface area contributed by atoms with E-state index in [4.69, 9.17) is 4.98 Å². The standard InChI is InChI=1S/C31H37N3O4S/c1-7-8-12-28-32-26-19-23(39(37,38)33(5)6)17-18-27(26)34(28)20-21-13-15-22(16-14-21)24-10-9-11-25(31(2,3)4)29(24)30(35)36/h9-11,13-19H,7-8,12,20H2,1-6H3,(H,35,36). The highest BCUT2D eigenvalue weighted by Crippen LogP contribution is 2.33. The molecule has 0 bridgehead atoms. The lowest BCUT2D eigenvalue weighted by Gasteiger charge is -2.23. The van der Waals surface area contributed by atoms with E-state index in [0.717, 1.165) is 47.3 Å². The summed E-state index contributed by atoms with van der Waals surface area (Å²) in [6, 6.07) is 18.8. The van der Waals surface area contributed by atoms with E-state index in [1.165, 1.54) is 18.4 Å². The molecular weight excluding hydrogens is 510 g/mol. The largest absolute Gasteiger partial charge is 0.478 e. The number of benzene rings is 3. The predicted molar refractivity (Wildman–Crippen MR) is 156 cm³/mol. The topological polar surface area (TPSA) is 92.5 Å². The average Bonchev–Trinajstić information content (AvgIpc) is 3.23. The first kappa shape index (κ1) is 28.5. The Kier molecular flexibility index (Phi) is 8.00. The number of carbonyl (C=O) groups is 1. The molecule has 0 atom stereocenters. The van der Waals surface area contributed by atoms with Gasteiger partial charge in [-0.1, -0.05) is 76.6 Å². The van der Waals surface area contributed by atoms with Crippen molar-refractivity contribution in [3.8, 4) is 11.1 Å². The molecule has 206 valence electrons. The van der Waals surface area contributed by atoms with E-state index in [0.29, 0.717) is 23.2 Å². The summed E-state index contributed by atoms with van der Waals surface area (Å²) in [5, 5.41) is 10.0. The van der Waals surface area contributed by atoms with E-state index in [9.17, 15) is 18.3 Å². The van der Waals surface area contributed by atoms with Gasteiger partial charge in [0.2, 0.25) is 10.0 Å². The summed E-state index contributed by atoms with van der Waals surface area (Å²) >= 11 is 0. The van der Waals surface area contributed by atoms with Crippen LogP contribution in [0.25, 0.3) is 22.2 Å². The molecule has 0 aliphatic rings. The number of unbranched alkanes of at least 4 members (excludes halogenated alkanes) is 1. The van der Waals surface area contributed by atoms with Crippen LogP contribution in [0.4, 0.5) is 0 Å². The van der Waals surface area contributed by atoms with Crippen molar-refractivity contribution in [2.75, 3.05) is 14.1 Å². The third kappa shape index (κ3) is 5.77. The molecule has 0 fully saturated rings. The second-order valence-corrected chi connectivity index (χ2v) is 13.3. The Labute approximate surface area is 231 Å². The first-order valence-corrected chi connectivity index (χ1v) is 14.7. The van der Waals surface area contributed by atoms with E-state index < -0.39 is 16.0 Å². The fraction of sp³-hybridized carbons (Fsp3) is 0.355. The number of imidazole rings is 1. The molecule has 8 heteroatoms. The van der Waals surface area contributed by atoms with Crippen LogP contribution in [0.2, 0.25) is 0 Å². The van der Waals surface area contributed by atoms with Gasteiger partial charge in [-0.3, -0.25) is 0 Å². The van der Waals surface area contributed by atoms with Crippen molar-refractivity contribution in [1.29, 1.82) is 0 Å². The zero-order chi connectivity index (χ0) is 28.5. The highest BCUT2D eigenvalue weighted by Gasteiger charge is 2.25. The van der Waals surface area contributed by atoms with Gasteiger partial charge in [-0.05, 0) is 52.3 Å². The number of nitrogens with zero attached hydrogens (tertiary/aromatic N) is 3.